The van der Waals surface area contributed by atoms with Crippen LogP contribution < -0.4 is 15.4 Å². The molecule has 2 aromatic carbocycles. The van der Waals surface area contributed by atoms with E-state index in [4.69, 9.17) is 4.74 Å². The van der Waals surface area contributed by atoms with Crippen LogP contribution in [0.5, 0.6) is 5.75 Å². The van der Waals surface area contributed by atoms with Crippen LogP contribution in [0.15, 0.2) is 42.5 Å². The van der Waals surface area contributed by atoms with Gasteiger partial charge in [0.15, 0.2) is 0 Å². The zero-order valence-electron chi connectivity index (χ0n) is 12.1. The number of methoxy groups -OCH3 is 1. The van der Waals surface area contributed by atoms with Gasteiger partial charge in [0.1, 0.15) is 11.6 Å². The van der Waals surface area contributed by atoms with Crippen molar-refractivity contribution in [3.05, 3.63) is 53.8 Å². The smallest absolute Gasteiger partial charge is 0.255 e. The van der Waals surface area contributed by atoms with Crippen LogP contribution in [-0.4, -0.2) is 18.9 Å². The number of carbonyl (C=O) groups is 2. The third-order valence-electron chi connectivity index (χ3n) is 2.85. The van der Waals surface area contributed by atoms with Crippen LogP contribution in [0.25, 0.3) is 0 Å². The Morgan fingerprint density at radius 2 is 1.86 bits per heavy atom. The highest BCUT2D eigenvalue weighted by Gasteiger charge is 2.11. The van der Waals surface area contributed by atoms with E-state index in [1.54, 1.807) is 18.2 Å². The van der Waals surface area contributed by atoms with Gasteiger partial charge in [-0.2, -0.15) is 0 Å². The molecule has 0 unspecified atom stereocenters. The van der Waals surface area contributed by atoms with Crippen LogP contribution in [0, 0.1) is 5.82 Å². The molecular weight excluding hydrogens is 287 g/mol. The Kier molecular flexibility index (Phi) is 4.73. The van der Waals surface area contributed by atoms with Gasteiger partial charge in [-0.25, -0.2) is 4.39 Å². The zero-order chi connectivity index (χ0) is 16.1. The van der Waals surface area contributed by atoms with E-state index in [0.717, 1.165) is 0 Å². The van der Waals surface area contributed by atoms with Crippen molar-refractivity contribution in [1.82, 2.24) is 0 Å². The summed E-state index contributed by atoms with van der Waals surface area (Å²) in [4.78, 5) is 23.3. The maximum absolute atomic E-state index is 13.3. The number of anilines is 2. The van der Waals surface area contributed by atoms with E-state index in [1.807, 2.05) is 0 Å². The SMILES string of the molecule is COc1ccc(F)cc1NC(=O)c1cccc(NC(C)=O)c1. The first kappa shape index (κ1) is 15.5. The summed E-state index contributed by atoms with van der Waals surface area (Å²) in [7, 11) is 1.43. The van der Waals surface area contributed by atoms with Crippen LogP contribution in [0.3, 0.4) is 0 Å². The van der Waals surface area contributed by atoms with Crippen LogP contribution in [0.2, 0.25) is 0 Å². The highest BCUT2D eigenvalue weighted by atomic mass is 19.1. The van der Waals surface area contributed by atoms with Crippen molar-refractivity contribution in [1.29, 1.82) is 0 Å². The lowest BCUT2D eigenvalue weighted by Crippen LogP contribution is -2.14. The lowest BCUT2D eigenvalue weighted by atomic mass is 10.1. The molecule has 2 aromatic rings. The van der Waals surface area contributed by atoms with Crippen molar-refractivity contribution < 1.29 is 18.7 Å². The summed E-state index contributed by atoms with van der Waals surface area (Å²) in [5, 5.41) is 5.17. The summed E-state index contributed by atoms with van der Waals surface area (Å²) in [6.07, 6.45) is 0. The average Bonchev–Trinajstić information content (AvgIpc) is 2.47. The lowest BCUT2D eigenvalue weighted by Gasteiger charge is -2.11. The molecule has 0 saturated carbocycles. The molecule has 0 radical (unpaired) electrons. The first-order valence-electron chi connectivity index (χ1n) is 6.52. The van der Waals surface area contributed by atoms with E-state index in [0.29, 0.717) is 17.0 Å². The second kappa shape index (κ2) is 6.71. The molecule has 0 bridgehead atoms. The van der Waals surface area contributed by atoms with Crippen LogP contribution in [0.4, 0.5) is 15.8 Å². The molecule has 0 aliphatic rings. The number of amides is 2. The Morgan fingerprint density at radius 3 is 2.55 bits per heavy atom. The quantitative estimate of drug-likeness (QED) is 0.912. The monoisotopic (exact) mass is 302 g/mol. The molecule has 0 fully saturated rings. The lowest BCUT2D eigenvalue weighted by molar-refractivity contribution is -0.114. The van der Waals surface area contributed by atoms with Crippen molar-refractivity contribution in [2.45, 2.75) is 6.92 Å². The van der Waals surface area contributed by atoms with Gasteiger partial charge in [0.05, 0.1) is 12.8 Å². The molecule has 2 rings (SSSR count). The molecule has 2 N–H and O–H groups in total. The van der Waals surface area contributed by atoms with E-state index in [-0.39, 0.29) is 11.6 Å². The van der Waals surface area contributed by atoms with E-state index >= 15 is 0 Å². The average molecular weight is 302 g/mol. The summed E-state index contributed by atoms with van der Waals surface area (Å²) in [6.45, 7) is 1.38. The van der Waals surface area contributed by atoms with Gasteiger partial charge >= 0.3 is 0 Å². The fourth-order valence-corrected chi connectivity index (χ4v) is 1.91. The summed E-state index contributed by atoms with van der Waals surface area (Å²) in [6, 6.07) is 10.3. The number of nitrogens with one attached hydrogen (secondary N) is 2. The highest BCUT2D eigenvalue weighted by molar-refractivity contribution is 6.06. The Balaban J connectivity index is 2.22. The van der Waals surface area contributed by atoms with E-state index < -0.39 is 11.7 Å². The predicted molar refractivity (Wildman–Crippen MR) is 81.7 cm³/mol. The molecular formula is C16H15FN2O3. The predicted octanol–water partition coefficient (Wildman–Crippen LogP) is 3.05. The molecule has 0 aliphatic carbocycles. The molecule has 0 aliphatic heterocycles. The fraction of sp³-hybridized carbons (Fsp3) is 0.125. The number of benzene rings is 2. The van der Waals surface area contributed by atoms with Crippen molar-refractivity contribution in [2.24, 2.45) is 0 Å². The summed E-state index contributed by atoms with van der Waals surface area (Å²) in [5.41, 5.74) is 1.07. The van der Waals surface area contributed by atoms with E-state index in [1.165, 1.54) is 38.3 Å². The van der Waals surface area contributed by atoms with E-state index in [9.17, 15) is 14.0 Å². The van der Waals surface area contributed by atoms with Crippen LogP contribution in [0.1, 0.15) is 17.3 Å². The van der Waals surface area contributed by atoms with Crippen molar-refractivity contribution in [3.63, 3.8) is 0 Å². The highest BCUT2D eigenvalue weighted by Crippen LogP contribution is 2.25. The van der Waals surface area contributed by atoms with Gasteiger partial charge in [0.2, 0.25) is 5.91 Å². The molecule has 0 spiro atoms. The van der Waals surface area contributed by atoms with Gasteiger partial charge in [-0.05, 0) is 30.3 Å². The summed E-state index contributed by atoms with van der Waals surface area (Å²) >= 11 is 0. The Bertz CT molecular complexity index is 716. The third kappa shape index (κ3) is 3.82. The number of carbonyl (C=O) groups excluding carboxylic acids is 2. The number of hydrogen-bond acceptors (Lipinski definition) is 3. The summed E-state index contributed by atoms with van der Waals surface area (Å²) < 4.78 is 18.4. The molecule has 2 amide bonds. The number of rotatable bonds is 4. The van der Waals surface area contributed by atoms with Gasteiger partial charge in [-0.1, -0.05) is 6.07 Å². The second-order valence-corrected chi connectivity index (χ2v) is 4.56. The van der Waals surface area contributed by atoms with Crippen molar-refractivity contribution in [2.75, 3.05) is 17.7 Å². The van der Waals surface area contributed by atoms with Crippen molar-refractivity contribution >= 4 is 23.2 Å². The summed E-state index contributed by atoms with van der Waals surface area (Å²) in [5.74, 6) is -0.795. The van der Waals surface area contributed by atoms with Gasteiger partial charge < -0.3 is 15.4 Å². The largest absolute Gasteiger partial charge is 0.495 e. The number of ether oxygens (including phenoxy) is 1. The van der Waals surface area contributed by atoms with Gasteiger partial charge in [-0.15, -0.1) is 0 Å². The molecule has 22 heavy (non-hydrogen) atoms. The first-order chi connectivity index (χ1) is 10.5. The topological polar surface area (TPSA) is 67.4 Å². The maximum Gasteiger partial charge on any atom is 0.255 e. The maximum atomic E-state index is 13.3. The van der Waals surface area contributed by atoms with Crippen LogP contribution >= 0.6 is 0 Å². The standard InChI is InChI=1S/C16H15FN2O3/c1-10(20)18-13-5-3-4-11(8-13)16(21)19-14-9-12(17)6-7-15(14)22-2/h3-9H,1-2H3,(H,18,20)(H,19,21). The molecule has 6 heteroatoms. The molecule has 0 aromatic heterocycles. The fourth-order valence-electron chi connectivity index (χ4n) is 1.91. The molecule has 114 valence electrons. The molecule has 5 nitrogen and oxygen atoms in total. The van der Waals surface area contributed by atoms with Crippen molar-refractivity contribution in [3.8, 4) is 5.75 Å². The Labute approximate surface area is 127 Å². The minimum Gasteiger partial charge on any atom is -0.495 e. The molecule has 0 heterocycles. The third-order valence-corrected chi connectivity index (χ3v) is 2.85. The first-order valence-corrected chi connectivity index (χ1v) is 6.52. The molecule has 0 atom stereocenters. The van der Waals surface area contributed by atoms with E-state index in [2.05, 4.69) is 10.6 Å². The number of hydrogen-bond donors (Lipinski definition) is 2. The minimum atomic E-state index is -0.483. The zero-order valence-corrected chi connectivity index (χ0v) is 12.1. The Hall–Kier alpha value is -2.89. The second-order valence-electron chi connectivity index (χ2n) is 4.56. The van der Waals surface area contributed by atoms with Gasteiger partial charge in [0, 0.05) is 24.2 Å². The Morgan fingerprint density at radius 1 is 1.09 bits per heavy atom. The van der Waals surface area contributed by atoms with Gasteiger partial charge in [-0.3, -0.25) is 9.59 Å². The number of halogens is 1. The molecule has 0 saturated heterocycles. The van der Waals surface area contributed by atoms with Crippen LogP contribution in [-0.2, 0) is 4.79 Å². The minimum absolute atomic E-state index is 0.232. The van der Waals surface area contributed by atoms with Gasteiger partial charge in [0.25, 0.3) is 5.91 Å². The normalized spacial score (nSPS) is 9.95.